The lowest BCUT2D eigenvalue weighted by atomic mass is 10.2. The third-order valence-corrected chi connectivity index (χ3v) is 6.81. The third-order valence-electron chi connectivity index (χ3n) is 4.66. The third kappa shape index (κ3) is 3.54. The molecule has 2 atom stereocenters. The molecule has 1 aromatic rings. The van der Waals surface area contributed by atoms with Gasteiger partial charge >= 0.3 is 6.18 Å². The highest BCUT2D eigenvalue weighted by atomic mass is 32.2. The average Bonchev–Trinajstić information content (AvgIpc) is 3.17. The molecular weight excluding hydrogens is 371 g/mol. The number of alkyl halides is 3. The predicted octanol–water partition coefficient (Wildman–Crippen LogP) is 1.38. The summed E-state index contributed by atoms with van der Waals surface area (Å²) in [6, 6.07) is 4.79. The predicted molar refractivity (Wildman–Crippen MR) is 84.5 cm³/mol. The fourth-order valence-corrected chi connectivity index (χ4v) is 4.60. The topological polar surface area (TPSA) is 99.1 Å². The molecule has 1 heterocycles. The van der Waals surface area contributed by atoms with Gasteiger partial charge in [-0.2, -0.15) is 18.4 Å². The molecule has 0 aromatic heterocycles. The smallest absolute Gasteiger partial charge is 0.336 e. The first-order valence-corrected chi connectivity index (χ1v) is 9.50. The molecular formula is C16H16F3N3O3S. The van der Waals surface area contributed by atoms with E-state index in [4.69, 9.17) is 5.26 Å². The van der Waals surface area contributed by atoms with E-state index in [0.717, 1.165) is 18.2 Å². The highest BCUT2D eigenvalue weighted by Crippen LogP contribution is 2.35. The van der Waals surface area contributed by atoms with Gasteiger partial charge in [-0.1, -0.05) is 6.07 Å². The molecule has 0 bridgehead atoms. The Morgan fingerprint density at radius 3 is 2.62 bits per heavy atom. The van der Waals surface area contributed by atoms with Crippen LogP contribution >= 0.6 is 0 Å². The minimum Gasteiger partial charge on any atom is -0.336 e. The molecule has 1 aliphatic heterocycles. The molecule has 1 amide bonds. The molecule has 0 spiro atoms. The number of nitriles is 1. The number of sulfone groups is 1. The van der Waals surface area contributed by atoms with Gasteiger partial charge in [-0.05, 0) is 37.5 Å². The molecule has 2 aliphatic rings. The molecule has 140 valence electrons. The summed E-state index contributed by atoms with van der Waals surface area (Å²) >= 11 is 0. The Bertz CT molecular complexity index is 873. The van der Waals surface area contributed by atoms with Gasteiger partial charge in [0.2, 0.25) is 5.91 Å². The number of hydrogen-bond acceptors (Lipinski definition) is 5. The van der Waals surface area contributed by atoms with E-state index in [9.17, 15) is 26.4 Å². The van der Waals surface area contributed by atoms with Crippen molar-refractivity contribution >= 4 is 15.7 Å². The van der Waals surface area contributed by atoms with Crippen molar-refractivity contribution in [2.75, 3.05) is 6.54 Å². The second-order valence-electron chi connectivity index (χ2n) is 6.57. The zero-order chi connectivity index (χ0) is 19.2. The largest absolute Gasteiger partial charge is 0.416 e. The van der Waals surface area contributed by atoms with E-state index >= 15 is 0 Å². The number of amides is 1. The van der Waals surface area contributed by atoms with E-state index in [1.807, 2.05) is 6.07 Å². The zero-order valence-corrected chi connectivity index (χ0v) is 14.3. The van der Waals surface area contributed by atoms with Gasteiger partial charge in [0.1, 0.15) is 5.54 Å². The van der Waals surface area contributed by atoms with Crippen molar-refractivity contribution in [2.24, 2.45) is 0 Å². The maximum absolute atomic E-state index is 12.8. The highest BCUT2D eigenvalue weighted by Gasteiger charge is 2.47. The number of carbonyl (C=O) groups excluding carboxylic acids is 1. The summed E-state index contributed by atoms with van der Waals surface area (Å²) in [5.41, 5.74) is -1.90. The van der Waals surface area contributed by atoms with Crippen molar-refractivity contribution in [1.82, 2.24) is 10.6 Å². The number of rotatable bonds is 4. The van der Waals surface area contributed by atoms with E-state index in [1.165, 1.54) is 0 Å². The lowest BCUT2D eigenvalue weighted by Gasteiger charge is -2.15. The number of halogens is 3. The van der Waals surface area contributed by atoms with E-state index < -0.39 is 49.2 Å². The van der Waals surface area contributed by atoms with Crippen molar-refractivity contribution < 1.29 is 26.4 Å². The minimum atomic E-state index is -4.64. The molecule has 1 aliphatic carbocycles. The van der Waals surface area contributed by atoms with Crippen LogP contribution in [0.3, 0.4) is 0 Å². The van der Waals surface area contributed by atoms with Gasteiger partial charge in [0.15, 0.2) is 9.84 Å². The quantitative estimate of drug-likeness (QED) is 0.813. The van der Waals surface area contributed by atoms with Crippen LogP contribution in [0.2, 0.25) is 0 Å². The van der Waals surface area contributed by atoms with E-state index in [2.05, 4.69) is 10.6 Å². The Morgan fingerprint density at radius 1 is 1.35 bits per heavy atom. The normalized spacial score (nSPS) is 24.7. The van der Waals surface area contributed by atoms with E-state index in [1.54, 1.807) is 0 Å². The fourth-order valence-electron chi connectivity index (χ4n) is 2.89. The van der Waals surface area contributed by atoms with Gasteiger partial charge < -0.3 is 10.6 Å². The Kier molecular flexibility index (Phi) is 4.48. The average molecular weight is 387 g/mol. The Balaban J connectivity index is 1.73. The van der Waals surface area contributed by atoms with Gasteiger partial charge in [0.25, 0.3) is 0 Å². The molecule has 3 rings (SSSR count). The van der Waals surface area contributed by atoms with Crippen LogP contribution in [-0.4, -0.2) is 37.7 Å². The van der Waals surface area contributed by atoms with Crippen molar-refractivity contribution in [1.29, 1.82) is 5.26 Å². The molecule has 1 saturated carbocycles. The SMILES string of the molecule is N#CC1(NC(=O)C2CC(S(=O)(=O)c3cccc(C(F)(F)F)c3)CN2)CC1. The monoisotopic (exact) mass is 387 g/mol. The molecule has 26 heavy (non-hydrogen) atoms. The number of nitrogens with zero attached hydrogens (tertiary/aromatic N) is 1. The van der Waals surface area contributed by atoms with Crippen LogP contribution in [-0.2, 0) is 20.8 Å². The molecule has 1 saturated heterocycles. The van der Waals surface area contributed by atoms with Crippen molar-refractivity contribution in [3.63, 3.8) is 0 Å². The maximum Gasteiger partial charge on any atom is 0.416 e. The molecule has 2 fully saturated rings. The van der Waals surface area contributed by atoms with Crippen molar-refractivity contribution in [2.45, 2.75) is 47.2 Å². The van der Waals surface area contributed by atoms with E-state index in [0.29, 0.717) is 18.9 Å². The number of hydrogen-bond donors (Lipinski definition) is 2. The van der Waals surface area contributed by atoms with Crippen LogP contribution in [0.4, 0.5) is 13.2 Å². The summed E-state index contributed by atoms with van der Waals surface area (Å²) in [7, 11) is -4.03. The number of nitrogens with one attached hydrogen (secondary N) is 2. The van der Waals surface area contributed by atoms with Crippen LogP contribution in [0.15, 0.2) is 29.2 Å². The van der Waals surface area contributed by atoms with Gasteiger partial charge in [-0.15, -0.1) is 0 Å². The van der Waals surface area contributed by atoms with Gasteiger partial charge in [0.05, 0.1) is 27.8 Å². The molecule has 6 nitrogen and oxygen atoms in total. The first-order chi connectivity index (χ1) is 12.1. The van der Waals surface area contributed by atoms with Crippen LogP contribution in [0, 0.1) is 11.3 Å². The van der Waals surface area contributed by atoms with Crippen LogP contribution in [0.1, 0.15) is 24.8 Å². The second-order valence-corrected chi connectivity index (χ2v) is 8.80. The molecule has 2 unspecified atom stereocenters. The summed E-state index contributed by atoms with van der Waals surface area (Å²) < 4.78 is 63.7. The van der Waals surface area contributed by atoms with Crippen LogP contribution in [0.25, 0.3) is 0 Å². The second kappa shape index (κ2) is 6.25. The van der Waals surface area contributed by atoms with Gasteiger partial charge in [-0.25, -0.2) is 8.42 Å². The van der Waals surface area contributed by atoms with Gasteiger partial charge in [-0.3, -0.25) is 4.79 Å². The lowest BCUT2D eigenvalue weighted by molar-refractivity contribution is -0.137. The van der Waals surface area contributed by atoms with Crippen LogP contribution in [0.5, 0.6) is 0 Å². The summed E-state index contributed by atoms with van der Waals surface area (Å²) in [4.78, 5) is 11.8. The lowest BCUT2D eigenvalue weighted by Crippen LogP contribution is -2.45. The maximum atomic E-state index is 12.8. The van der Waals surface area contributed by atoms with Crippen molar-refractivity contribution in [3.05, 3.63) is 29.8 Å². The standard InChI is InChI=1S/C16H16F3N3O3S/c17-16(18,19)10-2-1-3-11(6-10)26(24,25)12-7-13(21-8-12)14(23)22-15(9-20)4-5-15/h1-3,6,12-13,21H,4-5,7-8H2,(H,22,23). The fraction of sp³-hybridized carbons (Fsp3) is 0.500. The summed E-state index contributed by atoms with van der Waals surface area (Å²) in [6.07, 6.45) is -3.61. The highest BCUT2D eigenvalue weighted by molar-refractivity contribution is 7.92. The van der Waals surface area contributed by atoms with Gasteiger partial charge in [0, 0.05) is 6.54 Å². The Hall–Kier alpha value is -2.12. The first-order valence-electron chi connectivity index (χ1n) is 7.95. The summed E-state index contributed by atoms with van der Waals surface area (Å²) in [6.45, 7) is -0.0454. The summed E-state index contributed by atoms with van der Waals surface area (Å²) in [5, 5.41) is 13.4. The zero-order valence-electron chi connectivity index (χ0n) is 13.5. The van der Waals surface area contributed by atoms with Crippen molar-refractivity contribution in [3.8, 4) is 6.07 Å². The molecule has 1 aromatic carbocycles. The molecule has 2 N–H and O–H groups in total. The van der Waals surface area contributed by atoms with E-state index in [-0.39, 0.29) is 13.0 Å². The summed E-state index contributed by atoms with van der Waals surface area (Å²) in [5.74, 6) is -0.467. The Morgan fingerprint density at radius 2 is 2.04 bits per heavy atom. The number of benzene rings is 1. The minimum absolute atomic E-state index is 0.0454. The van der Waals surface area contributed by atoms with Crippen LogP contribution < -0.4 is 10.6 Å². The Labute approximate surface area is 148 Å². The first kappa shape index (κ1) is 18.7. The molecule has 0 radical (unpaired) electrons. The molecule has 10 heteroatoms. The number of carbonyl (C=O) groups is 1.